The van der Waals surface area contributed by atoms with Crippen molar-refractivity contribution in [3.8, 4) is 5.69 Å². The molecule has 0 radical (unpaired) electrons. The summed E-state index contributed by atoms with van der Waals surface area (Å²) in [4.78, 5) is 4.32. The standard InChI is InChI=1S/C16H21N3/c1-2-4-13-6-8-14(9-7-13)19-12-17-11-16(19)15-5-3-10-18-15/h6-9,11-12,15,18H,2-5,10H2,1H3/t15-/m0/s1. The van der Waals surface area contributed by atoms with Gasteiger partial charge in [-0.2, -0.15) is 0 Å². The molecule has 100 valence electrons. The average Bonchev–Trinajstić information content (AvgIpc) is 3.11. The van der Waals surface area contributed by atoms with E-state index in [-0.39, 0.29) is 0 Å². The van der Waals surface area contributed by atoms with Crippen LogP contribution in [-0.2, 0) is 6.42 Å². The predicted molar refractivity (Wildman–Crippen MR) is 77.5 cm³/mol. The van der Waals surface area contributed by atoms with Gasteiger partial charge in [-0.25, -0.2) is 4.98 Å². The molecule has 0 unspecified atom stereocenters. The highest BCUT2D eigenvalue weighted by Gasteiger charge is 2.20. The van der Waals surface area contributed by atoms with Gasteiger partial charge in [0, 0.05) is 11.7 Å². The summed E-state index contributed by atoms with van der Waals surface area (Å²) in [5, 5.41) is 3.54. The maximum atomic E-state index is 4.32. The van der Waals surface area contributed by atoms with Crippen LogP contribution >= 0.6 is 0 Å². The molecule has 1 fully saturated rings. The van der Waals surface area contributed by atoms with E-state index in [1.165, 1.54) is 36.2 Å². The molecule has 0 amide bonds. The second-order valence-electron chi connectivity index (χ2n) is 5.25. The molecule has 3 heteroatoms. The molecule has 1 atom stereocenters. The number of rotatable bonds is 4. The van der Waals surface area contributed by atoms with Gasteiger partial charge in [-0.3, -0.25) is 0 Å². The summed E-state index contributed by atoms with van der Waals surface area (Å²) in [7, 11) is 0. The number of benzene rings is 1. The van der Waals surface area contributed by atoms with E-state index in [2.05, 4.69) is 46.1 Å². The van der Waals surface area contributed by atoms with Crippen LogP contribution in [0.15, 0.2) is 36.8 Å². The Bertz CT molecular complexity index is 521. The van der Waals surface area contributed by atoms with E-state index >= 15 is 0 Å². The maximum Gasteiger partial charge on any atom is 0.0994 e. The Hall–Kier alpha value is -1.61. The van der Waals surface area contributed by atoms with Gasteiger partial charge < -0.3 is 9.88 Å². The van der Waals surface area contributed by atoms with Crippen LogP contribution in [-0.4, -0.2) is 16.1 Å². The van der Waals surface area contributed by atoms with Crippen LogP contribution in [0, 0.1) is 0 Å². The zero-order valence-electron chi connectivity index (χ0n) is 11.5. The van der Waals surface area contributed by atoms with Crippen LogP contribution in [0.25, 0.3) is 5.69 Å². The van der Waals surface area contributed by atoms with Crippen LogP contribution < -0.4 is 5.32 Å². The molecular formula is C16H21N3. The van der Waals surface area contributed by atoms with E-state index in [0.717, 1.165) is 13.0 Å². The molecule has 1 N–H and O–H groups in total. The first-order valence-corrected chi connectivity index (χ1v) is 7.23. The Morgan fingerprint density at radius 1 is 1.32 bits per heavy atom. The van der Waals surface area contributed by atoms with Gasteiger partial charge in [0.1, 0.15) is 0 Å². The van der Waals surface area contributed by atoms with Gasteiger partial charge in [-0.1, -0.05) is 25.5 Å². The minimum Gasteiger partial charge on any atom is -0.309 e. The molecule has 0 bridgehead atoms. The number of hydrogen-bond donors (Lipinski definition) is 1. The largest absolute Gasteiger partial charge is 0.309 e. The maximum absolute atomic E-state index is 4.32. The van der Waals surface area contributed by atoms with Crippen LogP contribution in [0.4, 0.5) is 0 Å². The third-order valence-corrected chi connectivity index (χ3v) is 3.84. The molecule has 1 aromatic carbocycles. The van der Waals surface area contributed by atoms with Crippen LogP contribution in [0.3, 0.4) is 0 Å². The molecule has 0 spiro atoms. The summed E-state index contributed by atoms with van der Waals surface area (Å²) < 4.78 is 2.21. The Morgan fingerprint density at radius 2 is 2.16 bits per heavy atom. The van der Waals surface area contributed by atoms with E-state index in [4.69, 9.17) is 0 Å². The van der Waals surface area contributed by atoms with Crippen molar-refractivity contribution in [1.29, 1.82) is 0 Å². The van der Waals surface area contributed by atoms with Crippen molar-refractivity contribution in [3.05, 3.63) is 48.0 Å². The predicted octanol–water partition coefficient (Wildman–Crippen LogP) is 3.25. The smallest absolute Gasteiger partial charge is 0.0994 e. The highest BCUT2D eigenvalue weighted by molar-refractivity contribution is 5.37. The van der Waals surface area contributed by atoms with Crippen molar-refractivity contribution >= 4 is 0 Å². The lowest BCUT2D eigenvalue weighted by Crippen LogP contribution is -2.16. The fourth-order valence-corrected chi connectivity index (χ4v) is 2.83. The summed E-state index contributed by atoms with van der Waals surface area (Å²) in [5.74, 6) is 0. The number of hydrogen-bond acceptors (Lipinski definition) is 2. The molecule has 0 aliphatic carbocycles. The molecular weight excluding hydrogens is 234 g/mol. The highest BCUT2D eigenvalue weighted by Crippen LogP contribution is 2.25. The Balaban J connectivity index is 1.87. The quantitative estimate of drug-likeness (QED) is 0.909. The Labute approximate surface area is 114 Å². The minimum absolute atomic E-state index is 0.456. The SMILES string of the molecule is CCCc1ccc(-n2cncc2[C@@H]2CCCN2)cc1. The molecule has 1 aromatic heterocycles. The third-order valence-electron chi connectivity index (χ3n) is 3.84. The molecule has 1 aliphatic heterocycles. The van der Waals surface area contributed by atoms with Crippen molar-refractivity contribution in [2.75, 3.05) is 6.54 Å². The lowest BCUT2D eigenvalue weighted by Gasteiger charge is -2.14. The summed E-state index contributed by atoms with van der Waals surface area (Å²) in [6, 6.07) is 9.31. The normalized spacial score (nSPS) is 18.9. The van der Waals surface area contributed by atoms with Gasteiger partial charge in [-0.15, -0.1) is 0 Å². The van der Waals surface area contributed by atoms with Gasteiger partial charge in [0.15, 0.2) is 0 Å². The lowest BCUT2D eigenvalue weighted by atomic mass is 10.1. The summed E-state index contributed by atoms with van der Waals surface area (Å²) >= 11 is 0. The third kappa shape index (κ3) is 2.56. The van der Waals surface area contributed by atoms with Gasteiger partial charge in [0.25, 0.3) is 0 Å². The van der Waals surface area contributed by atoms with Gasteiger partial charge in [0.2, 0.25) is 0 Å². The van der Waals surface area contributed by atoms with Crippen LogP contribution in [0.2, 0.25) is 0 Å². The molecule has 3 rings (SSSR count). The molecule has 2 aromatic rings. The van der Waals surface area contributed by atoms with Crippen LogP contribution in [0.1, 0.15) is 43.5 Å². The molecule has 3 nitrogen and oxygen atoms in total. The van der Waals surface area contributed by atoms with Crippen molar-refractivity contribution in [2.45, 2.75) is 38.6 Å². The number of aryl methyl sites for hydroxylation is 1. The van der Waals surface area contributed by atoms with Gasteiger partial charge in [-0.05, 0) is 43.5 Å². The topological polar surface area (TPSA) is 29.9 Å². The Morgan fingerprint density at radius 3 is 2.84 bits per heavy atom. The molecule has 0 saturated carbocycles. The van der Waals surface area contributed by atoms with E-state index in [1.807, 2.05) is 12.5 Å². The number of aromatic nitrogens is 2. The summed E-state index contributed by atoms with van der Waals surface area (Å²) in [5.41, 5.74) is 3.90. The second-order valence-corrected chi connectivity index (χ2v) is 5.25. The van der Waals surface area contributed by atoms with Crippen molar-refractivity contribution in [2.24, 2.45) is 0 Å². The fourth-order valence-electron chi connectivity index (χ4n) is 2.83. The monoisotopic (exact) mass is 255 g/mol. The average molecular weight is 255 g/mol. The number of nitrogens with zero attached hydrogens (tertiary/aromatic N) is 2. The zero-order chi connectivity index (χ0) is 13.1. The Kier molecular flexibility index (Phi) is 3.65. The van der Waals surface area contributed by atoms with Crippen molar-refractivity contribution < 1.29 is 0 Å². The zero-order valence-corrected chi connectivity index (χ0v) is 11.5. The van der Waals surface area contributed by atoms with Crippen LogP contribution in [0.5, 0.6) is 0 Å². The molecule has 2 heterocycles. The van der Waals surface area contributed by atoms with E-state index in [0.29, 0.717) is 6.04 Å². The molecule has 1 saturated heterocycles. The van der Waals surface area contributed by atoms with Crippen molar-refractivity contribution in [1.82, 2.24) is 14.9 Å². The fraction of sp³-hybridized carbons (Fsp3) is 0.438. The van der Waals surface area contributed by atoms with Gasteiger partial charge >= 0.3 is 0 Å². The number of nitrogens with one attached hydrogen (secondary N) is 1. The van der Waals surface area contributed by atoms with E-state index in [1.54, 1.807) is 0 Å². The van der Waals surface area contributed by atoms with Gasteiger partial charge in [0.05, 0.1) is 18.2 Å². The summed E-state index contributed by atoms with van der Waals surface area (Å²) in [6.45, 7) is 3.33. The van der Waals surface area contributed by atoms with E-state index < -0.39 is 0 Å². The first-order valence-electron chi connectivity index (χ1n) is 7.23. The molecule has 1 aliphatic rings. The summed E-state index contributed by atoms with van der Waals surface area (Å²) in [6.07, 6.45) is 8.72. The highest BCUT2D eigenvalue weighted by atomic mass is 15.1. The molecule has 19 heavy (non-hydrogen) atoms. The first kappa shape index (κ1) is 12.4. The van der Waals surface area contributed by atoms with Crippen molar-refractivity contribution in [3.63, 3.8) is 0 Å². The number of imidazole rings is 1. The second kappa shape index (κ2) is 5.57. The van der Waals surface area contributed by atoms with E-state index in [9.17, 15) is 0 Å². The first-order chi connectivity index (χ1) is 9.38. The minimum atomic E-state index is 0.456. The lowest BCUT2D eigenvalue weighted by molar-refractivity contribution is 0.615.